The molecule has 1 aliphatic heterocycles. The van der Waals surface area contributed by atoms with Gasteiger partial charge in [-0.05, 0) is 20.8 Å². The van der Waals surface area contributed by atoms with Crippen molar-refractivity contribution in [3.63, 3.8) is 0 Å². The van der Waals surface area contributed by atoms with Gasteiger partial charge in [0.25, 0.3) is 0 Å². The van der Waals surface area contributed by atoms with E-state index in [1.807, 2.05) is 6.92 Å². The standard InChI is InChI=1S/C5H10N2S/c1-4-5(2,3)7-8-6-4/h7H,1-3H3. The van der Waals surface area contributed by atoms with Crippen molar-refractivity contribution in [2.24, 2.45) is 4.40 Å². The van der Waals surface area contributed by atoms with E-state index in [1.165, 1.54) is 17.8 Å². The Hall–Kier alpha value is -0.0200. The predicted octanol–water partition coefficient (Wildman–Crippen LogP) is 1.39. The molecule has 1 rings (SSSR count). The minimum atomic E-state index is 0.116. The maximum absolute atomic E-state index is 4.11. The molecule has 0 atom stereocenters. The molecule has 0 bridgehead atoms. The predicted molar refractivity (Wildman–Crippen MR) is 37.9 cm³/mol. The molecule has 8 heavy (non-hydrogen) atoms. The molecule has 0 saturated heterocycles. The quantitative estimate of drug-likeness (QED) is 0.501. The summed E-state index contributed by atoms with van der Waals surface area (Å²) in [6.07, 6.45) is 0. The molecule has 0 saturated carbocycles. The van der Waals surface area contributed by atoms with Crippen LogP contribution in [0.2, 0.25) is 0 Å². The number of nitrogens with one attached hydrogen (secondary N) is 1. The fraction of sp³-hybridized carbons (Fsp3) is 0.800. The number of hydrogen-bond acceptors (Lipinski definition) is 3. The lowest BCUT2D eigenvalue weighted by Gasteiger charge is -2.15. The van der Waals surface area contributed by atoms with Gasteiger partial charge in [-0.25, -0.2) is 9.12 Å². The van der Waals surface area contributed by atoms with Crippen molar-refractivity contribution in [2.75, 3.05) is 0 Å². The first kappa shape index (κ1) is 6.11. The summed E-state index contributed by atoms with van der Waals surface area (Å²) >= 11 is 1.43. The highest BCUT2D eigenvalue weighted by Gasteiger charge is 2.25. The van der Waals surface area contributed by atoms with Crippen LogP contribution >= 0.6 is 12.1 Å². The Labute approximate surface area is 54.0 Å². The second-order valence-electron chi connectivity index (χ2n) is 2.50. The Balaban J connectivity index is 2.73. The van der Waals surface area contributed by atoms with E-state index in [1.54, 1.807) is 0 Å². The first-order valence-electron chi connectivity index (χ1n) is 2.61. The van der Waals surface area contributed by atoms with Crippen LogP contribution in [-0.4, -0.2) is 11.3 Å². The third-order valence-electron chi connectivity index (χ3n) is 1.39. The Morgan fingerprint density at radius 3 is 2.38 bits per heavy atom. The fourth-order valence-corrected chi connectivity index (χ4v) is 1.18. The van der Waals surface area contributed by atoms with E-state index in [0.29, 0.717) is 0 Å². The summed E-state index contributed by atoms with van der Waals surface area (Å²) in [6.45, 7) is 6.27. The fourth-order valence-electron chi connectivity index (χ4n) is 0.393. The molecular formula is C5H10N2S. The third kappa shape index (κ3) is 0.880. The van der Waals surface area contributed by atoms with Gasteiger partial charge in [-0.2, -0.15) is 0 Å². The molecular weight excluding hydrogens is 120 g/mol. The lowest BCUT2D eigenvalue weighted by Crippen LogP contribution is -2.36. The van der Waals surface area contributed by atoms with E-state index in [2.05, 4.69) is 23.0 Å². The van der Waals surface area contributed by atoms with Gasteiger partial charge < -0.3 is 0 Å². The molecule has 1 heterocycles. The van der Waals surface area contributed by atoms with E-state index in [4.69, 9.17) is 0 Å². The highest BCUT2D eigenvalue weighted by Crippen LogP contribution is 2.19. The summed E-state index contributed by atoms with van der Waals surface area (Å²) < 4.78 is 7.27. The molecule has 0 fully saturated rings. The maximum atomic E-state index is 4.11. The zero-order chi connectivity index (χ0) is 6.20. The second kappa shape index (κ2) is 1.74. The molecule has 0 aromatic carbocycles. The van der Waals surface area contributed by atoms with Crippen LogP contribution in [0.15, 0.2) is 4.40 Å². The van der Waals surface area contributed by atoms with Crippen LogP contribution in [0.5, 0.6) is 0 Å². The molecule has 46 valence electrons. The Kier molecular flexibility index (Phi) is 1.33. The van der Waals surface area contributed by atoms with Gasteiger partial charge in [-0.1, -0.05) is 0 Å². The van der Waals surface area contributed by atoms with Crippen LogP contribution in [0, 0.1) is 0 Å². The van der Waals surface area contributed by atoms with E-state index in [-0.39, 0.29) is 5.54 Å². The van der Waals surface area contributed by atoms with Gasteiger partial charge in [0.1, 0.15) is 0 Å². The molecule has 0 spiro atoms. The van der Waals surface area contributed by atoms with E-state index in [0.717, 1.165) is 0 Å². The molecule has 1 aliphatic rings. The first-order valence-corrected chi connectivity index (χ1v) is 3.38. The highest BCUT2D eigenvalue weighted by atomic mass is 32.2. The van der Waals surface area contributed by atoms with Crippen LogP contribution in [0.1, 0.15) is 20.8 Å². The van der Waals surface area contributed by atoms with Crippen molar-refractivity contribution in [1.29, 1.82) is 0 Å². The first-order chi connectivity index (χ1) is 3.63. The van der Waals surface area contributed by atoms with E-state index in [9.17, 15) is 0 Å². The molecule has 0 radical (unpaired) electrons. The minimum Gasteiger partial charge on any atom is -0.233 e. The Morgan fingerprint density at radius 1 is 1.62 bits per heavy atom. The van der Waals surface area contributed by atoms with Crippen molar-refractivity contribution in [2.45, 2.75) is 26.3 Å². The highest BCUT2D eigenvalue weighted by molar-refractivity contribution is 7.96. The van der Waals surface area contributed by atoms with Crippen LogP contribution in [0.3, 0.4) is 0 Å². The van der Waals surface area contributed by atoms with Crippen molar-refractivity contribution < 1.29 is 0 Å². The van der Waals surface area contributed by atoms with Crippen molar-refractivity contribution in [1.82, 2.24) is 4.72 Å². The van der Waals surface area contributed by atoms with Crippen LogP contribution in [0.25, 0.3) is 0 Å². The molecule has 1 N–H and O–H groups in total. The van der Waals surface area contributed by atoms with Gasteiger partial charge in [0.15, 0.2) is 0 Å². The van der Waals surface area contributed by atoms with Crippen molar-refractivity contribution in [3.8, 4) is 0 Å². The average Bonchev–Trinajstić information content (AvgIpc) is 1.86. The molecule has 0 aromatic rings. The van der Waals surface area contributed by atoms with Crippen LogP contribution < -0.4 is 4.72 Å². The van der Waals surface area contributed by atoms with E-state index < -0.39 is 0 Å². The minimum absolute atomic E-state index is 0.116. The van der Waals surface area contributed by atoms with Crippen LogP contribution in [-0.2, 0) is 0 Å². The number of rotatable bonds is 0. The van der Waals surface area contributed by atoms with Crippen molar-refractivity contribution in [3.05, 3.63) is 0 Å². The smallest absolute Gasteiger partial charge is 0.0628 e. The van der Waals surface area contributed by atoms with Gasteiger partial charge in [-0.3, -0.25) is 0 Å². The molecule has 0 aliphatic carbocycles. The zero-order valence-electron chi connectivity index (χ0n) is 5.36. The summed E-state index contributed by atoms with van der Waals surface area (Å²) in [4.78, 5) is 0. The number of hydrogen-bond donors (Lipinski definition) is 1. The molecule has 3 heteroatoms. The summed E-state index contributed by atoms with van der Waals surface area (Å²) in [5.41, 5.74) is 1.28. The topological polar surface area (TPSA) is 24.4 Å². The van der Waals surface area contributed by atoms with Crippen molar-refractivity contribution >= 4 is 17.8 Å². The molecule has 0 amide bonds. The Bertz CT molecular complexity index is 128. The number of nitrogens with zero attached hydrogens (tertiary/aromatic N) is 1. The van der Waals surface area contributed by atoms with Gasteiger partial charge in [-0.15, -0.1) is 0 Å². The van der Waals surface area contributed by atoms with Gasteiger partial charge in [0, 0.05) is 5.71 Å². The SMILES string of the molecule is CC1=NSNC1(C)C. The normalized spacial score (nSPS) is 25.6. The van der Waals surface area contributed by atoms with Crippen LogP contribution in [0.4, 0.5) is 0 Å². The van der Waals surface area contributed by atoms with Gasteiger partial charge in [0.2, 0.25) is 0 Å². The van der Waals surface area contributed by atoms with Gasteiger partial charge in [0.05, 0.1) is 17.7 Å². The largest absolute Gasteiger partial charge is 0.233 e. The Morgan fingerprint density at radius 2 is 2.25 bits per heavy atom. The lowest BCUT2D eigenvalue weighted by molar-refractivity contribution is 0.656. The second-order valence-corrected chi connectivity index (χ2v) is 3.06. The zero-order valence-corrected chi connectivity index (χ0v) is 6.17. The summed E-state index contributed by atoms with van der Waals surface area (Å²) in [5.74, 6) is 0. The van der Waals surface area contributed by atoms with Gasteiger partial charge >= 0.3 is 0 Å². The monoisotopic (exact) mass is 130 g/mol. The third-order valence-corrected chi connectivity index (χ3v) is 2.35. The summed E-state index contributed by atoms with van der Waals surface area (Å²) in [5, 5.41) is 0. The summed E-state index contributed by atoms with van der Waals surface area (Å²) in [6, 6.07) is 0. The average molecular weight is 130 g/mol. The molecule has 0 unspecified atom stereocenters. The van der Waals surface area contributed by atoms with E-state index >= 15 is 0 Å². The molecule has 2 nitrogen and oxygen atoms in total. The molecule has 0 aromatic heterocycles. The lowest BCUT2D eigenvalue weighted by atomic mass is 10.0. The summed E-state index contributed by atoms with van der Waals surface area (Å²) in [7, 11) is 0. The maximum Gasteiger partial charge on any atom is 0.0628 e.